The van der Waals surface area contributed by atoms with Gasteiger partial charge in [0.25, 0.3) is 0 Å². The summed E-state index contributed by atoms with van der Waals surface area (Å²) in [6.45, 7) is 13.4. The molecule has 0 atom stereocenters. The molecule has 0 aromatic carbocycles. The van der Waals surface area contributed by atoms with Gasteiger partial charge in [-0.05, 0) is 29.0 Å². The predicted molar refractivity (Wildman–Crippen MR) is 190 cm³/mol. The van der Waals surface area contributed by atoms with Gasteiger partial charge < -0.3 is 18.9 Å². The molecular formula is C32H52N6O8S2Si. The Hall–Kier alpha value is -2.22. The van der Waals surface area contributed by atoms with Crippen LogP contribution in [0.25, 0.3) is 11.1 Å². The van der Waals surface area contributed by atoms with Crippen molar-refractivity contribution < 1.29 is 35.8 Å². The van der Waals surface area contributed by atoms with E-state index in [9.17, 15) is 16.8 Å². The van der Waals surface area contributed by atoms with Crippen LogP contribution >= 0.6 is 0 Å². The number of allylic oxidation sites excluding steroid dienone is 2. The summed E-state index contributed by atoms with van der Waals surface area (Å²) >= 11 is 0. The largest absolute Gasteiger partial charge is 0.347 e. The molecule has 0 unspecified atom stereocenters. The van der Waals surface area contributed by atoms with Crippen LogP contribution in [0.1, 0.15) is 70.7 Å². The molecule has 0 saturated carbocycles. The topological polar surface area (TPSA) is 147 Å². The number of hydrogen-bond acceptors (Lipinski definition) is 10. The summed E-state index contributed by atoms with van der Waals surface area (Å²) < 4.78 is 78.0. The van der Waals surface area contributed by atoms with E-state index in [2.05, 4.69) is 44.9 Å². The monoisotopic (exact) mass is 740 g/mol. The zero-order valence-electron chi connectivity index (χ0n) is 30.2. The SMILES string of the molecule is CN(C)S(=O)(=O)n1cc(C2=CCC3(CC2)OCCO3)nc1[Si](C)(C)C(C)(C)C.CN(C)S(=O)(=O)n1cnc(C2=CCC3(CC2)OCCO3)c1. The fourth-order valence-electron chi connectivity index (χ4n) is 6.01. The Labute approximate surface area is 292 Å². The van der Waals surface area contributed by atoms with Crippen LogP contribution in [0.3, 0.4) is 0 Å². The van der Waals surface area contributed by atoms with Crippen LogP contribution in [-0.2, 0) is 39.4 Å². The van der Waals surface area contributed by atoms with Crippen LogP contribution in [0.15, 0.2) is 30.9 Å². The number of imidazole rings is 2. The van der Waals surface area contributed by atoms with Crippen molar-refractivity contribution in [2.24, 2.45) is 0 Å². The fourth-order valence-corrected chi connectivity index (χ4v) is 10.3. The molecule has 2 spiro atoms. The standard InChI is InChI=1S/C19H33N3O4SSi.C13H19N3O4S/c1-18(2,3)28(6,7)17-20-16(14-22(17)27(23,24)21(4)5)15-8-10-19(11-9-15)25-12-13-26-19;1-15(2)21(17,18)16-9-12(14-10-16)11-3-5-13(6-4-11)19-7-8-20-13/h8,14H,9-13H2,1-7H3;3,9-10H,4-8H2,1-2H3. The normalized spacial score (nSPS) is 21.3. The lowest BCUT2D eigenvalue weighted by Gasteiger charge is -2.36. The second kappa shape index (κ2) is 13.7. The van der Waals surface area contributed by atoms with E-state index in [4.69, 9.17) is 23.9 Å². The van der Waals surface area contributed by atoms with Gasteiger partial charge in [-0.25, -0.2) is 17.9 Å². The molecule has 0 N–H and O–H groups in total. The maximum Gasteiger partial charge on any atom is 0.308 e. The van der Waals surface area contributed by atoms with Crippen molar-refractivity contribution in [2.45, 2.75) is 89.0 Å². The molecule has 0 amide bonds. The first kappa shape index (κ1) is 38.0. The summed E-state index contributed by atoms with van der Waals surface area (Å²) in [6.07, 6.45) is 13.1. The molecule has 4 aliphatic rings. The van der Waals surface area contributed by atoms with Gasteiger partial charge in [0.2, 0.25) is 0 Å². The van der Waals surface area contributed by atoms with Crippen molar-refractivity contribution in [3.05, 3.63) is 42.3 Å². The van der Waals surface area contributed by atoms with Gasteiger partial charge in [-0.3, -0.25) is 0 Å². The third-order valence-electron chi connectivity index (χ3n) is 10.3. The highest BCUT2D eigenvalue weighted by molar-refractivity contribution is 7.87. The fraction of sp³-hybridized carbons (Fsp3) is 0.688. The Morgan fingerprint density at radius 3 is 1.63 bits per heavy atom. The molecule has 2 saturated heterocycles. The quantitative estimate of drug-likeness (QED) is 0.387. The summed E-state index contributed by atoms with van der Waals surface area (Å²) in [5.74, 6) is -0.966. The highest BCUT2D eigenvalue weighted by Crippen LogP contribution is 2.40. The molecule has 14 nitrogen and oxygen atoms in total. The molecule has 0 bridgehead atoms. The van der Waals surface area contributed by atoms with E-state index in [1.807, 2.05) is 6.08 Å². The summed E-state index contributed by atoms with van der Waals surface area (Å²) in [6, 6.07) is 0. The van der Waals surface area contributed by atoms with Crippen molar-refractivity contribution >= 4 is 45.1 Å². The lowest BCUT2D eigenvalue weighted by molar-refractivity contribution is -0.160. The van der Waals surface area contributed by atoms with Crippen LogP contribution in [-0.4, -0.2) is 118 Å². The van der Waals surface area contributed by atoms with Gasteiger partial charge in [0.1, 0.15) is 19.8 Å². The van der Waals surface area contributed by atoms with E-state index in [-0.39, 0.29) is 5.04 Å². The number of aromatic nitrogens is 4. The molecule has 6 rings (SSSR count). The van der Waals surface area contributed by atoms with Gasteiger partial charge >= 0.3 is 20.4 Å². The van der Waals surface area contributed by atoms with Crippen molar-refractivity contribution in [3.8, 4) is 0 Å². The number of hydrogen-bond donors (Lipinski definition) is 0. The highest BCUT2D eigenvalue weighted by Gasteiger charge is 2.44. The molecule has 274 valence electrons. The van der Waals surface area contributed by atoms with Gasteiger partial charge in [0.15, 0.2) is 11.6 Å². The Morgan fingerprint density at radius 1 is 0.755 bits per heavy atom. The van der Waals surface area contributed by atoms with E-state index in [0.29, 0.717) is 50.4 Å². The van der Waals surface area contributed by atoms with Crippen molar-refractivity contribution in [3.63, 3.8) is 0 Å². The van der Waals surface area contributed by atoms with Crippen LogP contribution in [0, 0.1) is 0 Å². The Bertz CT molecular complexity index is 1790. The third kappa shape index (κ3) is 7.55. The van der Waals surface area contributed by atoms with Crippen molar-refractivity contribution in [1.29, 1.82) is 0 Å². The van der Waals surface area contributed by atoms with Crippen LogP contribution < -0.4 is 5.45 Å². The lowest BCUT2D eigenvalue weighted by atomic mass is 9.92. The minimum Gasteiger partial charge on any atom is -0.347 e. The van der Waals surface area contributed by atoms with E-state index in [1.165, 1.54) is 28.7 Å². The van der Waals surface area contributed by atoms with E-state index in [1.54, 1.807) is 26.5 Å². The molecule has 2 fully saturated rings. The van der Waals surface area contributed by atoms with Gasteiger partial charge in [-0.1, -0.05) is 46.0 Å². The molecule has 49 heavy (non-hydrogen) atoms. The summed E-state index contributed by atoms with van der Waals surface area (Å²) in [4.78, 5) is 9.12. The molecular weight excluding hydrogens is 689 g/mol. The zero-order chi connectivity index (χ0) is 36.0. The average Bonchev–Trinajstić information content (AvgIpc) is 3.85. The van der Waals surface area contributed by atoms with E-state index < -0.39 is 40.1 Å². The first-order valence-corrected chi connectivity index (χ1v) is 22.5. The number of ether oxygens (including phenoxy) is 4. The molecule has 4 heterocycles. The first-order valence-electron chi connectivity index (χ1n) is 16.7. The summed E-state index contributed by atoms with van der Waals surface area (Å²) in [5.41, 5.74) is 4.23. The number of nitrogens with zero attached hydrogens (tertiary/aromatic N) is 6. The molecule has 2 aliphatic heterocycles. The molecule has 17 heteroatoms. The minimum atomic E-state index is -3.65. The van der Waals surface area contributed by atoms with Gasteiger partial charge in [-0.2, -0.15) is 25.4 Å². The van der Waals surface area contributed by atoms with Crippen LogP contribution in [0.2, 0.25) is 18.1 Å². The number of rotatable bonds is 7. The van der Waals surface area contributed by atoms with Crippen molar-refractivity contribution in [2.75, 3.05) is 54.6 Å². The first-order chi connectivity index (χ1) is 22.7. The third-order valence-corrected chi connectivity index (χ3v) is 19.0. The minimum absolute atomic E-state index is 0.0360. The summed E-state index contributed by atoms with van der Waals surface area (Å²) in [7, 11) is -3.23. The lowest BCUT2D eigenvalue weighted by Crippen LogP contribution is -2.56. The molecule has 2 aromatic heterocycles. The van der Waals surface area contributed by atoms with Crippen LogP contribution in [0.5, 0.6) is 0 Å². The maximum atomic E-state index is 13.0. The molecule has 2 aliphatic carbocycles. The van der Waals surface area contributed by atoms with Gasteiger partial charge in [0, 0.05) is 66.3 Å². The predicted octanol–water partition coefficient (Wildman–Crippen LogP) is 3.41. The van der Waals surface area contributed by atoms with Gasteiger partial charge in [-0.15, -0.1) is 0 Å². The molecule has 2 aromatic rings. The van der Waals surface area contributed by atoms with Crippen LogP contribution in [0.4, 0.5) is 0 Å². The Balaban J connectivity index is 0.000000199. The second-order valence-electron chi connectivity index (χ2n) is 14.9. The summed E-state index contributed by atoms with van der Waals surface area (Å²) in [5, 5.41) is -0.0360. The van der Waals surface area contributed by atoms with Crippen molar-refractivity contribution in [1.82, 2.24) is 26.5 Å². The van der Waals surface area contributed by atoms with E-state index >= 15 is 0 Å². The average molecular weight is 741 g/mol. The second-order valence-corrected chi connectivity index (χ2v) is 24.1. The molecule has 0 radical (unpaired) electrons. The Kier molecular flexibility index (Phi) is 10.6. The zero-order valence-corrected chi connectivity index (χ0v) is 32.9. The Morgan fingerprint density at radius 2 is 1.22 bits per heavy atom. The van der Waals surface area contributed by atoms with E-state index in [0.717, 1.165) is 50.8 Å². The maximum absolute atomic E-state index is 13.0. The van der Waals surface area contributed by atoms with Gasteiger partial charge in [0.05, 0.1) is 37.8 Å². The smallest absolute Gasteiger partial charge is 0.308 e. The highest BCUT2D eigenvalue weighted by atomic mass is 32.2.